The van der Waals surface area contributed by atoms with Crippen LogP contribution < -0.4 is 5.32 Å². The first-order chi connectivity index (χ1) is 11.2. The van der Waals surface area contributed by atoms with E-state index in [4.69, 9.17) is 9.84 Å². The summed E-state index contributed by atoms with van der Waals surface area (Å²) in [7, 11) is -0.482. The highest BCUT2D eigenvalue weighted by atomic mass is 32.2. The number of ether oxygens (including phenoxy) is 1. The Balaban J connectivity index is 1.96. The molecule has 24 heavy (non-hydrogen) atoms. The van der Waals surface area contributed by atoms with Gasteiger partial charge in [-0.1, -0.05) is 6.07 Å². The molecule has 1 amide bonds. The number of phenols is 1. The van der Waals surface area contributed by atoms with Gasteiger partial charge in [0, 0.05) is 20.0 Å². The highest BCUT2D eigenvalue weighted by molar-refractivity contribution is 7.89. The third-order valence-electron chi connectivity index (χ3n) is 3.90. The van der Waals surface area contributed by atoms with Crippen molar-refractivity contribution in [3.63, 3.8) is 0 Å². The van der Waals surface area contributed by atoms with Crippen molar-refractivity contribution in [3.8, 4) is 5.75 Å². The van der Waals surface area contributed by atoms with Gasteiger partial charge in [-0.25, -0.2) is 17.1 Å². The maximum absolute atomic E-state index is 13.3. The van der Waals surface area contributed by atoms with Gasteiger partial charge in [-0.15, -0.1) is 0 Å². The van der Waals surface area contributed by atoms with Crippen molar-refractivity contribution in [3.05, 3.63) is 29.6 Å². The van der Waals surface area contributed by atoms with E-state index in [9.17, 15) is 17.6 Å². The van der Waals surface area contributed by atoms with Gasteiger partial charge in [0.1, 0.15) is 0 Å². The Kier molecular flexibility index (Phi) is 5.79. The molecular formula is C15H21FN2O5S. The molecule has 0 aliphatic carbocycles. The minimum absolute atomic E-state index is 0.0686. The standard InChI is InChI=1S/C15H21FN2O5S/c1-18(2)24(21,22)9-11-7-23-8-13(11)17-15(20)6-10-3-4-14(19)12(16)5-10/h3-5,11,13,19H,6-9H2,1-2H3,(H,17,20)/t11-,13+/m0/s1. The van der Waals surface area contributed by atoms with Gasteiger partial charge in [0.2, 0.25) is 15.9 Å². The molecule has 1 aromatic rings. The third-order valence-corrected chi connectivity index (χ3v) is 5.86. The van der Waals surface area contributed by atoms with E-state index in [1.165, 1.54) is 26.2 Å². The molecule has 1 heterocycles. The van der Waals surface area contributed by atoms with E-state index in [1.807, 2.05) is 0 Å². The molecule has 0 radical (unpaired) electrons. The largest absolute Gasteiger partial charge is 0.505 e. The van der Waals surface area contributed by atoms with E-state index in [-0.39, 0.29) is 37.2 Å². The van der Waals surface area contributed by atoms with Crippen LogP contribution in [0.15, 0.2) is 18.2 Å². The normalized spacial score (nSPS) is 21.2. The lowest BCUT2D eigenvalue weighted by molar-refractivity contribution is -0.121. The van der Waals surface area contributed by atoms with E-state index < -0.39 is 27.6 Å². The van der Waals surface area contributed by atoms with Crippen molar-refractivity contribution in [2.75, 3.05) is 33.1 Å². The molecule has 1 aromatic carbocycles. The Bertz CT molecular complexity index is 708. The quantitative estimate of drug-likeness (QED) is 0.750. The maximum Gasteiger partial charge on any atom is 0.224 e. The van der Waals surface area contributed by atoms with Crippen molar-refractivity contribution in [2.24, 2.45) is 5.92 Å². The molecule has 0 spiro atoms. The van der Waals surface area contributed by atoms with E-state index in [2.05, 4.69) is 5.32 Å². The number of sulfonamides is 1. The number of nitrogens with zero attached hydrogens (tertiary/aromatic N) is 1. The van der Waals surface area contributed by atoms with Gasteiger partial charge in [0.05, 0.1) is 31.4 Å². The second-order valence-corrected chi connectivity index (χ2v) is 8.22. The summed E-state index contributed by atoms with van der Waals surface area (Å²) < 4.78 is 43.7. The van der Waals surface area contributed by atoms with Crippen molar-refractivity contribution < 1.29 is 27.4 Å². The molecule has 0 saturated carbocycles. The predicted octanol–water partition coefficient (Wildman–Crippen LogP) is 0.0964. The second-order valence-electron chi connectivity index (χ2n) is 6.00. The van der Waals surface area contributed by atoms with E-state index in [0.29, 0.717) is 5.56 Å². The van der Waals surface area contributed by atoms with Crippen LogP contribution in [0.5, 0.6) is 5.75 Å². The summed E-state index contributed by atoms with van der Waals surface area (Å²) in [4.78, 5) is 12.1. The molecule has 0 unspecified atom stereocenters. The topological polar surface area (TPSA) is 95.9 Å². The molecule has 9 heteroatoms. The number of halogens is 1. The van der Waals surface area contributed by atoms with Crippen LogP contribution in [0, 0.1) is 11.7 Å². The van der Waals surface area contributed by atoms with Crippen molar-refractivity contribution in [1.82, 2.24) is 9.62 Å². The molecule has 0 bridgehead atoms. The summed E-state index contributed by atoms with van der Waals surface area (Å²) in [5, 5.41) is 11.9. The Morgan fingerprint density at radius 1 is 1.42 bits per heavy atom. The molecule has 2 rings (SSSR count). The summed E-state index contributed by atoms with van der Waals surface area (Å²) in [6.07, 6.45) is -0.0686. The van der Waals surface area contributed by atoms with Crippen molar-refractivity contribution in [2.45, 2.75) is 12.5 Å². The summed E-state index contributed by atoms with van der Waals surface area (Å²) in [5.41, 5.74) is 0.416. The monoisotopic (exact) mass is 360 g/mol. The van der Waals surface area contributed by atoms with Crippen molar-refractivity contribution >= 4 is 15.9 Å². The zero-order chi connectivity index (χ0) is 17.9. The zero-order valence-corrected chi connectivity index (χ0v) is 14.3. The molecule has 1 aliphatic rings. The van der Waals surface area contributed by atoms with Gasteiger partial charge in [0.15, 0.2) is 11.6 Å². The average Bonchev–Trinajstić information content (AvgIpc) is 2.89. The van der Waals surface area contributed by atoms with Crippen LogP contribution in [0.3, 0.4) is 0 Å². The van der Waals surface area contributed by atoms with Crippen LogP contribution in [0.4, 0.5) is 4.39 Å². The molecule has 2 atom stereocenters. The number of hydrogen-bond donors (Lipinski definition) is 2. The molecule has 1 fully saturated rings. The van der Waals surface area contributed by atoms with Gasteiger partial charge in [-0.2, -0.15) is 0 Å². The minimum atomic E-state index is -3.39. The van der Waals surface area contributed by atoms with Crippen molar-refractivity contribution in [1.29, 1.82) is 0 Å². The molecule has 1 saturated heterocycles. The highest BCUT2D eigenvalue weighted by Crippen LogP contribution is 2.19. The van der Waals surface area contributed by atoms with Gasteiger partial charge in [-0.05, 0) is 17.7 Å². The van der Waals surface area contributed by atoms with Crippen LogP contribution in [-0.4, -0.2) is 62.8 Å². The zero-order valence-electron chi connectivity index (χ0n) is 13.5. The van der Waals surface area contributed by atoms with E-state index >= 15 is 0 Å². The van der Waals surface area contributed by atoms with Crippen LogP contribution in [0.2, 0.25) is 0 Å². The summed E-state index contributed by atoms with van der Waals surface area (Å²) >= 11 is 0. The fraction of sp³-hybridized carbons (Fsp3) is 0.533. The van der Waals surface area contributed by atoms with Crippen LogP contribution in [0.1, 0.15) is 5.56 Å². The number of carbonyl (C=O) groups is 1. The fourth-order valence-corrected chi connectivity index (χ4v) is 3.61. The molecule has 7 nitrogen and oxygen atoms in total. The highest BCUT2D eigenvalue weighted by Gasteiger charge is 2.34. The van der Waals surface area contributed by atoms with Crippen LogP contribution in [-0.2, 0) is 26.0 Å². The van der Waals surface area contributed by atoms with Gasteiger partial charge < -0.3 is 15.2 Å². The fourth-order valence-electron chi connectivity index (χ4n) is 2.45. The third kappa shape index (κ3) is 4.65. The van der Waals surface area contributed by atoms with Crippen LogP contribution in [0.25, 0.3) is 0 Å². The molecule has 134 valence electrons. The molecule has 0 aromatic heterocycles. The van der Waals surface area contributed by atoms with Gasteiger partial charge in [0.25, 0.3) is 0 Å². The lowest BCUT2D eigenvalue weighted by Crippen LogP contribution is -2.44. The molecular weight excluding hydrogens is 339 g/mol. The summed E-state index contributed by atoms with van der Waals surface area (Å²) in [5.74, 6) is -2.07. The Morgan fingerprint density at radius 3 is 2.75 bits per heavy atom. The average molecular weight is 360 g/mol. The van der Waals surface area contributed by atoms with Gasteiger partial charge >= 0.3 is 0 Å². The lowest BCUT2D eigenvalue weighted by atomic mass is 10.1. The van der Waals surface area contributed by atoms with E-state index in [0.717, 1.165) is 10.4 Å². The van der Waals surface area contributed by atoms with Crippen LogP contribution >= 0.6 is 0 Å². The summed E-state index contributed by atoms with van der Waals surface area (Å²) in [6.45, 7) is 0.495. The predicted molar refractivity (Wildman–Crippen MR) is 85.5 cm³/mol. The number of phenolic OH excluding ortho intramolecular Hbond substituents is 1. The maximum atomic E-state index is 13.3. The number of rotatable bonds is 6. The Labute approximate surface area is 140 Å². The first kappa shape index (κ1) is 18.6. The number of amides is 1. The Hall–Kier alpha value is -1.71. The molecule has 1 aliphatic heterocycles. The van der Waals surface area contributed by atoms with Gasteiger partial charge in [-0.3, -0.25) is 4.79 Å². The Morgan fingerprint density at radius 2 is 2.12 bits per heavy atom. The van der Waals surface area contributed by atoms with E-state index in [1.54, 1.807) is 0 Å². The number of nitrogens with one attached hydrogen (secondary N) is 1. The SMILES string of the molecule is CN(C)S(=O)(=O)C[C@@H]1COC[C@H]1NC(=O)Cc1ccc(O)c(F)c1. The number of carbonyl (C=O) groups excluding carboxylic acids is 1. The first-order valence-corrected chi connectivity index (χ1v) is 9.04. The summed E-state index contributed by atoms with van der Waals surface area (Å²) in [6, 6.07) is 3.32. The number of hydrogen-bond acceptors (Lipinski definition) is 5. The molecule has 2 N–H and O–H groups in total. The number of benzene rings is 1. The second kappa shape index (κ2) is 7.45. The lowest BCUT2D eigenvalue weighted by Gasteiger charge is -2.21. The first-order valence-electron chi connectivity index (χ1n) is 7.43. The smallest absolute Gasteiger partial charge is 0.224 e. The number of aromatic hydroxyl groups is 1. The minimum Gasteiger partial charge on any atom is -0.505 e.